The van der Waals surface area contributed by atoms with Gasteiger partial charge in [-0.25, -0.2) is 14.6 Å². The van der Waals surface area contributed by atoms with Crippen molar-refractivity contribution >= 4 is 41.3 Å². The number of allylic oxidation sites excluding steroid dienone is 1. The molecule has 2 bridgehead atoms. The van der Waals surface area contributed by atoms with E-state index in [1.165, 1.54) is 7.05 Å². The highest BCUT2D eigenvalue weighted by atomic mass is 16.6. The number of hydrazone groups is 1. The Morgan fingerprint density at radius 1 is 1.06 bits per heavy atom. The molecule has 13 nitrogen and oxygen atoms in total. The number of rotatable bonds is 6. The first-order valence-corrected chi connectivity index (χ1v) is 15.6. The molecule has 4 aliphatic rings. The van der Waals surface area contributed by atoms with Gasteiger partial charge in [0.05, 0.1) is 43.3 Å². The van der Waals surface area contributed by atoms with Gasteiger partial charge in [-0.1, -0.05) is 12.1 Å². The van der Waals surface area contributed by atoms with E-state index in [0.29, 0.717) is 43.3 Å². The number of ether oxygens (including phenoxy) is 2. The molecule has 3 amide bonds. The highest BCUT2D eigenvalue weighted by Crippen LogP contribution is 2.32. The smallest absolute Gasteiger partial charge is 0.329 e. The number of nitrogens with zero attached hydrogens (tertiary/aromatic N) is 5. The number of morpholine rings is 2. The molecule has 3 unspecified atom stereocenters. The molecule has 3 atom stereocenters. The number of hydrogen-bond donors (Lipinski definition) is 3. The molecule has 0 saturated carbocycles. The van der Waals surface area contributed by atoms with E-state index in [9.17, 15) is 14.4 Å². The first-order valence-electron chi connectivity index (χ1n) is 15.6. The highest BCUT2D eigenvalue weighted by molar-refractivity contribution is 6.26. The Morgan fingerprint density at radius 3 is 2.32 bits per heavy atom. The van der Waals surface area contributed by atoms with Gasteiger partial charge >= 0.3 is 12.0 Å². The summed E-state index contributed by atoms with van der Waals surface area (Å²) in [5, 5.41) is 11.8. The minimum Gasteiger partial charge on any atom is -0.459 e. The Morgan fingerprint density at radius 2 is 1.72 bits per heavy atom. The standard InChI is InChI=1S/C31H35N7O5.C2H4.CH5N/c1-19(21-4-8-23(9-5-21)35-31(41)32-3)34-28-26(20(2)36-12-14-42-15-13-36)17-33-38(28)24-10-6-22(7-11-24)29(39)37-18-25-16-27(37)30(40)43-25;2*1-2/h4-11,17,19,25,27H,12-16,18H2,1-3H3,(H2,32,35,41);1-2H2;2H2,1H3/b26-20+,34-28?;;. The van der Waals surface area contributed by atoms with Crippen LogP contribution < -0.4 is 21.4 Å². The number of urea groups is 1. The first-order chi connectivity index (χ1) is 22.8. The molecule has 6 rings (SSSR count). The molecule has 13 heteroatoms. The van der Waals surface area contributed by atoms with Crippen LogP contribution >= 0.6 is 0 Å². The molecule has 47 heavy (non-hydrogen) atoms. The number of hydrogen-bond acceptors (Lipinski definition) is 9. The lowest BCUT2D eigenvalue weighted by atomic mass is 10.1. The van der Waals surface area contributed by atoms with Crippen LogP contribution in [0, 0.1) is 0 Å². The SMILES string of the molecule is C=C.CN.CNC(=O)Nc1ccc(C(C)N=C2/C(=C(\C)N3CCOCC3)C=NN2c2ccc(C(=O)N3CC4CC3C(=O)O4)cc2)cc1. The van der Waals surface area contributed by atoms with Gasteiger partial charge in [-0.3, -0.25) is 9.79 Å². The number of esters is 1. The zero-order valence-corrected chi connectivity index (χ0v) is 27.4. The molecule has 3 saturated heterocycles. The zero-order valence-electron chi connectivity index (χ0n) is 27.4. The van der Waals surface area contributed by atoms with Crippen molar-refractivity contribution in [3.63, 3.8) is 0 Å². The summed E-state index contributed by atoms with van der Waals surface area (Å²) in [4.78, 5) is 45.9. The number of carbonyl (C=O) groups excluding carboxylic acids is 3. The average Bonchev–Trinajstić information content (AvgIpc) is 3.84. The van der Waals surface area contributed by atoms with Gasteiger partial charge in [-0.05, 0) is 62.9 Å². The third kappa shape index (κ3) is 7.69. The third-order valence-corrected chi connectivity index (χ3v) is 8.25. The minimum atomic E-state index is -0.495. The van der Waals surface area contributed by atoms with Crippen LogP contribution in [0.5, 0.6) is 0 Å². The van der Waals surface area contributed by atoms with Crippen molar-refractivity contribution in [2.24, 2.45) is 15.8 Å². The van der Waals surface area contributed by atoms with Crippen molar-refractivity contribution in [3.8, 4) is 0 Å². The number of nitrogens with one attached hydrogen (secondary N) is 2. The second-order valence-corrected chi connectivity index (χ2v) is 10.9. The molecule has 0 aliphatic carbocycles. The number of amidine groups is 1. The van der Waals surface area contributed by atoms with Gasteiger partial charge in [0.2, 0.25) is 0 Å². The number of benzene rings is 2. The molecule has 4 heterocycles. The number of anilines is 2. The van der Waals surface area contributed by atoms with E-state index >= 15 is 0 Å². The third-order valence-electron chi connectivity index (χ3n) is 8.25. The van der Waals surface area contributed by atoms with Crippen LogP contribution in [-0.2, 0) is 14.3 Å². The lowest BCUT2D eigenvalue weighted by Crippen LogP contribution is -2.44. The molecule has 2 aromatic rings. The van der Waals surface area contributed by atoms with E-state index in [-0.39, 0.29) is 30.1 Å². The second-order valence-electron chi connectivity index (χ2n) is 10.9. The number of likely N-dealkylation sites (tertiary alicyclic amines) is 1. The molecule has 0 radical (unpaired) electrons. The Labute approximate surface area is 275 Å². The van der Waals surface area contributed by atoms with E-state index in [0.717, 1.165) is 35.6 Å². The maximum atomic E-state index is 13.2. The molecule has 3 fully saturated rings. The Hall–Kier alpha value is -5.01. The predicted molar refractivity (Wildman–Crippen MR) is 184 cm³/mol. The summed E-state index contributed by atoms with van der Waals surface area (Å²) in [6.45, 7) is 13.4. The first kappa shape index (κ1) is 34.9. The minimum absolute atomic E-state index is 0.179. The molecule has 250 valence electrons. The van der Waals surface area contributed by atoms with Gasteiger partial charge in [0.1, 0.15) is 12.1 Å². The number of carbonyl (C=O) groups is 3. The van der Waals surface area contributed by atoms with Crippen molar-refractivity contribution in [2.75, 3.05) is 57.3 Å². The van der Waals surface area contributed by atoms with Crippen molar-refractivity contribution in [2.45, 2.75) is 38.5 Å². The van der Waals surface area contributed by atoms with Crippen molar-refractivity contribution in [1.29, 1.82) is 0 Å². The van der Waals surface area contributed by atoms with Crippen LogP contribution in [0.2, 0.25) is 0 Å². The quantitative estimate of drug-likeness (QED) is 0.319. The molecule has 4 N–H and O–H groups in total. The van der Waals surface area contributed by atoms with Crippen LogP contribution in [0.1, 0.15) is 42.2 Å². The van der Waals surface area contributed by atoms with Crippen molar-refractivity contribution in [1.82, 2.24) is 15.1 Å². The molecule has 0 spiro atoms. The van der Waals surface area contributed by atoms with Crippen LogP contribution in [0.15, 0.2) is 83.1 Å². The Balaban J connectivity index is 0.00000120. The lowest BCUT2D eigenvalue weighted by molar-refractivity contribution is -0.149. The molecule has 0 aromatic heterocycles. The largest absolute Gasteiger partial charge is 0.459 e. The van der Waals surface area contributed by atoms with E-state index in [2.05, 4.69) is 41.3 Å². The number of fused-ring (bicyclic) bond motifs is 2. The molecule has 4 aliphatic heterocycles. The van der Waals surface area contributed by atoms with Crippen molar-refractivity contribution < 1.29 is 23.9 Å². The highest BCUT2D eigenvalue weighted by Gasteiger charge is 2.48. The van der Waals surface area contributed by atoms with Crippen LogP contribution in [-0.4, -0.2) is 98.8 Å². The number of amides is 3. The van der Waals surface area contributed by atoms with Gasteiger partial charge in [-0.15, -0.1) is 13.2 Å². The van der Waals surface area contributed by atoms with Gasteiger partial charge in [-0.2, -0.15) is 5.10 Å². The van der Waals surface area contributed by atoms with Gasteiger partial charge in [0.25, 0.3) is 5.91 Å². The van der Waals surface area contributed by atoms with Crippen molar-refractivity contribution in [3.05, 3.63) is 84.1 Å². The average molecular weight is 645 g/mol. The summed E-state index contributed by atoms with van der Waals surface area (Å²) >= 11 is 0. The fourth-order valence-corrected chi connectivity index (χ4v) is 5.76. The predicted octanol–water partition coefficient (Wildman–Crippen LogP) is 3.53. The summed E-state index contributed by atoms with van der Waals surface area (Å²) < 4.78 is 10.8. The van der Waals surface area contributed by atoms with Crippen LogP contribution in [0.3, 0.4) is 0 Å². The van der Waals surface area contributed by atoms with E-state index in [1.54, 1.807) is 29.1 Å². The Bertz CT molecular complexity index is 1520. The number of nitrogens with two attached hydrogens (primary N) is 1. The van der Waals surface area contributed by atoms with Gasteiger partial charge in [0.15, 0.2) is 5.84 Å². The monoisotopic (exact) mass is 644 g/mol. The molecular weight excluding hydrogens is 600 g/mol. The lowest BCUT2D eigenvalue weighted by Gasteiger charge is -2.30. The second kappa shape index (κ2) is 16.0. The number of aliphatic imine (C=N–C) groups is 1. The summed E-state index contributed by atoms with van der Waals surface area (Å²) in [5.74, 6) is 0.193. The molecule has 2 aromatic carbocycles. The summed E-state index contributed by atoms with van der Waals surface area (Å²) in [7, 11) is 3.07. The fraction of sp³-hybridized carbons (Fsp3) is 0.382. The van der Waals surface area contributed by atoms with E-state index in [1.807, 2.05) is 49.5 Å². The van der Waals surface area contributed by atoms with E-state index < -0.39 is 6.04 Å². The fourth-order valence-electron chi connectivity index (χ4n) is 5.76. The summed E-state index contributed by atoms with van der Waals surface area (Å²) in [6.07, 6.45) is 2.19. The Kier molecular flexibility index (Phi) is 11.9. The van der Waals surface area contributed by atoms with Crippen LogP contribution in [0.25, 0.3) is 0 Å². The normalized spacial score (nSPS) is 22.1. The maximum Gasteiger partial charge on any atom is 0.329 e. The maximum absolute atomic E-state index is 13.2. The zero-order chi connectivity index (χ0) is 34.1. The van der Waals surface area contributed by atoms with E-state index in [4.69, 9.17) is 19.6 Å². The topological polar surface area (TPSA) is 154 Å². The van der Waals surface area contributed by atoms with Gasteiger partial charge < -0.3 is 35.6 Å². The van der Waals surface area contributed by atoms with Gasteiger partial charge in [0, 0.05) is 43.5 Å². The van der Waals surface area contributed by atoms with Crippen LogP contribution in [0.4, 0.5) is 16.2 Å². The summed E-state index contributed by atoms with van der Waals surface area (Å²) in [6, 6.07) is 13.8. The molecular formula is C34H44N8O5. The summed E-state index contributed by atoms with van der Waals surface area (Å²) in [5.41, 5.74) is 9.41.